The third-order valence-electron chi connectivity index (χ3n) is 2.73. The average molecular weight is 294 g/mol. The molecule has 114 valence electrons. The number of imide groups is 1. The van der Waals surface area contributed by atoms with Crippen molar-refractivity contribution in [3.8, 4) is 5.75 Å². The van der Waals surface area contributed by atoms with Crippen LogP contribution in [0.3, 0.4) is 0 Å². The molecule has 1 aromatic carbocycles. The van der Waals surface area contributed by atoms with Crippen molar-refractivity contribution in [3.05, 3.63) is 23.8 Å². The van der Waals surface area contributed by atoms with Gasteiger partial charge in [0, 0.05) is 18.5 Å². The molecule has 1 rings (SSSR count). The number of carbonyl (C=O) groups is 3. The van der Waals surface area contributed by atoms with Gasteiger partial charge in [-0.25, -0.2) is 4.79 Å². The molecule has 0 saturated heterocycles. The molecule has 0 aliphatic heterocycles. The van der Waals surface area contributed by atoms with Crippen LogP contribution >= 0.6 is 0 Å². The lowest BCUT2D eigenvalue weighted by Gasteiger charge is -2.10. The summed E-state index contributed by atoms with van der Waals surface area (Å²) in [6.07, 6.45) is 0.0734. The molecule has 0 heterocycles. The van der Waals surface area contributed by atoms with Gasteiger partial charge >= 0.3 is 12.0 Å². The van der Waals surface area contributed by atoms with E-state index in [2.05, 4.69) is 10.6 Å². The molecule has 0 aliphatic carbocycles. The Kier molecular flexibility index (Phi) is 6.19. The first-order valence-electron chi connectivity index (χ1n) is 6.39. The molecule has 0 fully saturated rings. The molecule has 0 saturated carbocycles. The fourth-order valence-corrected chi connectivity index (χ4v) is 1.65. The van der Waals surface area contributed by atoms with Crippen molar-refractivity contribution in [2.45, 2.75) is 26.2 Å². The summed E-state index contributed by atoms with van der Waals surface area (Å²) in [5.74, 6) is -0.816. The monoisotopic (exact) mass is 294 g/mol. The van der Waals surface area contributed by atoms with Crippen LogP contribution in [-0.2, 0) is 9.59 Å². The van der Waals surface area contributed by atoms with Gasteiger partial charge in [-0.3, -0.25) is 14.9 Å². The number of carboxylic acid groups (broad SMARTS) is 1. The number of carboxylic acids is 1. The van der Waals surface area contributed by atoms with Gasteiger partial charge in [-0.05, 0) is 37.1 Å². The van der Waals surface area contributed by atoms with Crippen molar-refractivity contribution < 1.29 is 24.2 Å². The minimum absolute atomic E-state index is 0.0126. The van der Waals surface area contributed by atoms with Crippen molar-refractivity contribution in [1.82, 2.24) is 5.32 Å². The Morgan fingerprint density at radius 2 is 1.95 bits per heavy atom. The molecule has 0 radical (unpaired) electrons. The molecular formula is C14H18N2O5. The highest BCUT2D eigenvalue weighted by Crippen LogP contribution is 2.20. The standard InChI is InChI=1S/C14H18N2O5/c1-9-8-10(21-2)6-7-11(9)15-14(20)16-12(17)4-3-5-13(18)19/h6-8H,3-5H2,1-2H3,(H,18,19)(H2,15,16,17,20). The minimum atomic E-state index is -0.971. The summed E-state index contributed by atoms with van der Waals surface area (Å²) in [6.45, 7) is 1.80. The van der Waals surface area contributed by atoms with Crippen LogP contribution < -0.4 is 15.4 Å². The molecule has 3 amide bonds. The number of aryl methyl sites for hydroxylation is 1. The lowest BCUT2D eigenvalue weighted by atomic mass is 10.2. The Bertz CT molecular complexity index is 542. The van der Waals surface area contributed by atoms with Crippen LogP contribution in [0, 0.1) is 6.92 Å². The molecule has 21 heavy (non-hydrogen) atoms. The summed E-state index contributed by atoms with van der Waals surface area (Å²) in [4.78, 5) is 33.4. The SMILES string of the molecule is COc1ccc(NC(=O)NC(=O)CCCC(=O)O)c(C)c1. The van der Waals surface area contributed by atoms with Crippen LogP contribution in [0.2, 0.25) is 0 Å². The second kappa shape index (κ2) is 7.88. The van der Waals surface area contributed by atoms with Gasteiger partial charge in [-0.2, -0.15) is 0 Å². The van der Waals surface area contributed by atoms with Gasteiger partial charge < -0.3 is 15.2 Å². The minimum Gasteiger partial charge on any atom is -0.497 e. The molecule has 0 unspecified atom stereocenters. The number of hydrogen-bond acceptors (Lipinski definition) is 4. The predicted octanol–water partition coefficient (Wildman–Crippen LogP) is 1.91. The summed E-state index contributed by atoms with van der Waals surface area (Å²) in [5, 5.41) is 13.1. The Balaban J connectivity index is 2.46. The smallest absolute Gasteiger partial charge is 0.325 e. The summed E-state index contributed by atoms with van der Waals surface area (Å²) in [5.41, 5.74) is 1.36. The number of hydrogen-bond donors (Lipinski definition) is 3. The molecule has 7 heteroatoms. The van der Waals surface area contributed by atoms with Crippen molar-refractivity contribution in [3.63, 3.8) is 0 Å². The van der Waals surface area contributed by atoms with Crippen molar-refractivity contribution in [2.24, 2.45) is 0 Å². The number of nitrogens with one attached hydrogen (secondary N) is 2. The Hall–Kier alpha value is -2.57. The topological polar surface area (TPSA) is 105 Å². The first-order valence-corrected chi connectivity index (χ1v) is 6.39. The number of rotatable bonds is 6. The number of ether oxygens (including phenoxy) is 1. The molecule has 0 bridgehead atoms. The maximum atomic E-state index is 11.6. The Morgan fingerprint density at radius 1 is 1.24 bits per heavy atom. The number of methoxy groups -OCH3 is 1. The van der Waals surface area contributed by atoms with Gasteiger partial charge in [0.05, 0.1) is 7.11 Å². The Morgan fingerprint density at radius 3 is 2.52 bits per heavy atom. The fourth-order valence-electron chi connectivity index (χ4n) is 1.65. The van der Waals surface area contributed by atoms with E-state index in [1.807, 2.05) is 0 Å². The van der Waals surface area contributed by atoms with E-state index in [1.165, 1.54) is 0 Å². The van der Waals surface area contributed by atoms with Gasteiger partial charge in [0.1, 0.15) is 5.75 Å². The maximum Gasteiger partial charge on any atom is 0.325 e. The van der Waals surface area contributed by atoms with E-state index in [-0.39, 0.29) is 19.3 Å². The van der Waals surface area contributed by atoms with E-state index >= 15 is 0 Å². The summed E-state index contributed by atoms with van der Waals surface area (Å²) in [6, 6.07) is 4.47. The zero-order chi connectivity index (χ0) is 15.8. The molecule has 7 nitrogen and oxygen atoms in total. The third-order valence-corrected chi connectivity index (χ3v) is 2.73. The lowest BCUT2D eigenvalue weighted by molar-refractivity contribution is -0.137. The average Bonchev–Trinajstić information content (AvgIpc) is 2.40. The normalized spacial score (nSPS) is 9.81. The van der Waals surface area contributed by atoms with Crippen molar-refractivity contribution in [2.75, 3.05) is 12.4 Å². The van der Waals surface area contributed by atoms with Crippen LogP contribution in [-0.4, -0.2) is 30.1 Å². The summed E-state index contributed by atoms with van der Waals surface area (Å²) < 4.78 is 5.05. The zero-order valence-corrected chi connectivity index (χ0v) is 11.9. The zero-order valence-electron chi connectivity index (χ0n) is 11.9. The van der Waals surface area contributed by atoms with Crippen molar-refractivity contribution in [1.29, 1.82) is 0 Å². The second-order valence-electron chi connectivity index (χ2n) is 4.43. The van der Waals surface area contributed by atoms with Crippen LogP contribution in [0.25, 0.3) is 0 Å². The third kappa shape index (κ3) is 5.94. The molecule has 1 aromatic rings. The molecular weight excluding hydrogens is 276 g/mol. The highest BCUT2D eigenvalue weighted by molar-refractivity contribution is 6.01. The van der Waals surface area contributed by atoms with Crippen LogP contribution in [0.4, 0.5) is 10.5 Å². The van der Waals surface area contributed by atoms with E-state index in [4.69, 9.17) is 9.84 Å². The van der Waals surface area contributed by atoms with Gasteiger partial charge in [-0.15, -0.1) is 0 Å². The number of benzene rings is 1. The van der Waals surface area contributed by atoms with Crippen LogP contribution in [0.5, 0.6) is 5.75 Å². The number of carbonyl (C=O) groups excluding carboxylic acids is 2. The van der Waals surface area contributed by atoms with Gasteiger partial charge in [0.25, 0.3) is 0 Å². The number of anilines is 1. The molecule has 0 atom stereocenters. The van der Waals surface area contributed by atoms with Crippen molar-refractivity contribution >= 4 is 23.6 Å². The molecule has 0 spiro atoms. The molecule has 3 N–H and O–H groups in total. The van der Waals surface area contributed by atoms with Gasteiger partial charge in [0.2, 0.25) is 5.91 Å². The first kappa shape index (κ1) is 16.5. The fraction of sp³-hybridized carbons (Fsp3) is 0.357. The quantitative estimate of drug-likeness (QED) is 0.743. The molecule has 0 aliphatic rings. The predicted molar refractivity (Wildman–Crippen MR) is 76.4 cm³/mol. The first-order chi connectivity index (χ1) is 9.92. The van der Waals surface area contributed by atoms with Gasteiger partial charge in [-0.1, -0.05) is 0 Å². The Labute approximate surface area is 122 Å². The number of urea groups is 1. The lowest BCUT2D eigenvalue weighted by Crippen LogP contribution is -2.34. The largest absolute Gasteiger partial charge is 0.497 e. The van der Waals surface area contributed by atoms with Gasteiger partial charge in [0.15, 0.2) is 0 Å². The summed E-state index contributed by atoms with van der Waals surface area (Å²) in [7, 11) is 1.55. The van der Waals surface area contributed by atoms with E-state index in [1.54, 1.807) is 32.2 Å². The van der Waals surface area contributed by atoms with E-state index in [0.717, 1.165) is 5.56 Å². The highest BCUT2D eigenvalue weighted by atomic mass is 16.5. The number of amides is 3. The van der Waals surface area contributed by atoms with E-state index in [0.29, 0.717) is 11.4 Å². The van der Waals surface area contributed by atoms with Crippen LogP contribution in [0.15, 0.2) is 18.2 Å². The van der Waals surface area contributed by atoms with E-state index in [9.17, 15) is 14.4 Å². The molecule has 0 aromatic heterocycles. The second-order valence-corrected chi connectivity index (χ2v) is 4.43. The highest BCUT2D eigenvalue weighted by Gasteiger charge is 2.10. The van der Waals surface area contributed by atoms with E-state index < -0.39 is 17.9 Å². The van der Waals surface area contributed by atoms with Crippen LogP contribution in [0.1, 0.15) is 24.8 Å². The summed E-state index contributed by atoms with van der Waals surface area (Å²) >= 11 is 0. The maximum absolute atomic E-state index is 11.6. The number of aliphatic carboxylic acids is 1.